The van der Waals surface area contributed by atoms with Crippen molar-refractivity contribution < 1.29 is 13.9 Å². The van der Waals surface area contributed by atoms with Crippen molar-refractivity contribution in [1.29, 1.82) is 0 Å². The van der Waals surface area contributed by atoms with Crippen molar-refractivity contribution in [3.05, 3.63) is 29.6 Å². The molecule has 0 atom stereocenters. The Morgan fingerprint density at radius 2 is 2.38 bits per heavy atom. The molecule has 0 unspecified atom stereocenters. The van der Waals surface area contributed by atoms with Gasteiger partial charge in [-0.1, -0.05) is 6.07 Å². The van der Waals surface area contributed by atoms with E-state index >= 15 is 0 Å². The Hall–Kier alpha value is -1.67. The molecule has 0 fully saturated rings. The molecule has 0 aliphatic carbocycles. The summed E-state index contributed by atoms with van der Waals surface area (Å²) in [5.41, 5.74) is 0.613. The molecule has 0 aliphatic rings. The lowest BCUT2D eigenvalue weighted by Gasteiger charge is -2.02. The number of methoxy groups -OCH3 is 1. The van der Waals surface area contributed by atoms with Crippen LogP contribution in [0.15, 0.2) is 23.2 Å². The average Bonchev–Trinajstić information content (AvgIpc) is 2.15. The summed E-state index contributed by atoms with van der Waals surface area (Å²) in [4.78, 5) is 13.1. The predicted molar refractivity (Wildman–Crippen MR) is 44.8 cm³/mol. The topological polar surface area (TPSA) is 38.7 Å². The number of ether oxygens (including phenoxy) is 1. The second kappa shape index (κ2) is 4.38. The molecule has 68 valence electrons. The number of aliphatic imine (C=N–C) groups is 1. The van der Waals surface area contributed by atoms with E-state index in [4.69, 9.17) is 4.74 Å². The number of hydrogen-bond acceptors (Lipinski definition) is 3. The fraction of sp³-hybridized carbons (Fsp3) is 0.222. The summed E-state index contributed by atoms with van der Waals surface area (Å²) in [7, 11) is 1.39. The lowest BCUT2D eigenvalue weighted by molar-refractivity contribution is 0.386. The highest BCUT2D eigenvalue weighted by Gasteiger charge is 2.02. The summed E-state index contributed by atoms with van der Waals surface area (Å²) < 4.78 is 17.7. The molecule has 13 heavy (non-hydrogen) atoms. The van der Waals surface area contributed by atoms with Crippen LogP contribution in [0.25, 0.3) is 0 Å². The maximum Gasteiger partial charge on any atom is 0.235 e. The van der Waals surface area contributed by atoms with Gasteiger partial charge >= 0.3 is 0 Å². The van der Waals surface area contributed by atoms with Gasteiger partial charge in [0.1, 0.15) is 0 Å². The van der Waals surface area contributed by atoms with Crippen LogP contribution in [0.2, 0.25) is 0 Å². The molecule has 0 heterocycles. The van der Waals surface area contributed by atoms with Crippen molar-refractivity contribution >= 4 is 6.08 Å². The first-order chi connectivity index (χ1) is 6.27. The minimum Gasteiger partial charge on any atom is -0.494 e. The van der Waals surface area contributed by atoms with Gasteiger partial charge in [-0.15, -0.1) is 0 Å². The number of rotatable bonds is 3. The van der Waals surface area contributed by atoms with Crippen LogP contribution in [0.1, 0.15) is 5.56 Å². The van der Waals surface area contributed by atoms with Gasteiger partial charge < -0.3 is 4.74 Å². The second-order valence-electron chi connectivity index (χ2n) is 2.38. The molecule has 0 radical (unpaired) electrons. The van der Waals surface area contributed by atoms with E-state index in [2.05, 4.69) is 4.99 Å². The fourth-order valence-corrected chi connectivity index (χ4v) is 0.932. The van der Waals surface area contributed by atoms with Crippen molar-refractivity contribution in [2.45, 2.75) is 6.54 Å². The Bertz CT molecular complexity index is 345. The lowest BCUT2D eigenvalue weighted by Crippen LogP contribution is -1.90. The van der Waals surface area contributed by atoms with Crippen LogP contribution in [-0.2, 0) is 11.3 Å². The maximum absolute atomic E-state index is 13.0. The SMILES string of the molecule is COc1ccc(CN=C=O)cc1F. The van der Waals surface area contributed by atoms with Crippen molar-refractivity contribution in [2.24, 2.45) is 4.99 Å². The van der Waals surface area contributed by atoms with E-state index in [1.807, 2.05) is 0 Å². The Labute approximate surface area is 74.9 Å². The number of benzene rings is 1. The minimum absolute atomic E-state index is 0.143. The van der Waals surface area contributed by atoms with Crippen LogP contribution in [0.5, 0.6) is 5.75 Å². The second-order valence-corrected chi connectivity index (χ2v) is 2.38. The largest absolute Gasteiger partial charge is 0.494 e. The van der Waals surface area contributed by atoms with E-state index in [-0.39, 0.29) is 12.3 Å². The molecule has 0 N–H and O–H groups in total. The van der Waals surface area contributed by atoms with Gasteiger partial charge in [0.25, 0.3) is 0 Å². The van der Waals surface area contributed by atoms with E-state index in [1.54, 1.807) is 6.07 Å². The van der Waals surface area contributed by atoms with Gasteiger partial charge in [0.2, 0.25) is 6.08 Å². The van der Waals surface area contributed by atoms with Crippen molar-refractivity contribution in [2.75, 3.05) is 7.11 Å². The molecule has 0 saturated heterocycles. The van der Waals surface area contributed by atoms with Gasteiger partial charge in [-0.3, -0.25) is 0 Å². The van der Waals surface area contributed by atoms with Gasteiger partial charge in [-0.05, 0) is 17.7 Å². The zero-order chi connectivity index (χ0) is 9.68. The van der Waals surface area contributed by atoms with Gasteiger partial charge in [-0.2, -0.15) is 0 Å². The Kier molecular flexibility index (Phi) is 3.17. The highest BCUT2D eigenvalue weighted by molar-refractivity contribution is 5.35. The van der Waals surface area contributed by atoms with E-state index in [0.717, 1.165) is 0 Å². The first-order valence-corrected chi connectivity index (χ1v) is 3.64. The van der Waals surface area contributed by atoms with E-state index in [0.29, 0.717) is 5.56 Å². The zero-order valence-corrected chi connectivity index (χ0v) is 7.08. The number of carbonyl (C=O) groups excluding carboxylic acids is 1. The normalized spacial score (nSPS) is 9.08. The lowest BCUT2D eigenvalue weighted by atomic mass is 10.2. The molecule has 1 aromatic rings. The smallest absolute Gasteiger partial charge is 0.235 e. The average molecular weight is 181 g/mol. The van der Waals surface area contributed by atoms with Crippen molar-refractivity contribution in [1.82, 2.24) is 0 Å². The molecule has 0 spiro atoms. The monoisotopic (exact) mass is 181 g/mol. The summed E-state index contributed by atoms with van der Waals surface area (Å²) in [6.07, 6.45) is 1.39. The summed E-state index contributed by atoms with van der Waals surface area (Å²) >= 11 is 0. The van der Waals surface area contributed by atoms with Gasteiger partial charge in [0, 0.05) is 0 Å². The third kappa shape index (κ3) is 2.39. The van der Waals surface area contributed by atoms with E-state index in [9.17, 15) is 9.18 Å². The molecular weight excluding hydrogens is 173 g/mol. The quantitative estimate of drug-likeness (QED) is 0.525. The Morgan fingerprint density at radius 3 is 2.92 bits per heavy atom. The third-order valence-corrected chi connectivity index (χ3v) is 1.54. The molecule has 0 aliphatic heterocycles. The molecule has 1 aromatic carbocycles. The summed E-state index contributed by atoms with van der Waals surface area (Å²) in [6, 6.07) is 4.41. The number of halogens is 1. The molecule has 0 saturated carbocycles. The van der Waals surface area contributed by atoms with Crippen LogP contribution in [0.3, 0.4) is 0 Å². The Morgan fingerprint density at radius 1 is 1.62 bits per heavy atom. The summed E-state index contributed by atoms with van der Waals surface area (Å²) in [6.45, 7) is 0.143. The van der Waals surface area contributed by atoms with Crippen LogP contribution < -0.4 is 4.74 Å². The first kappa shape index (κ1) is 9.42. The van der Waals surface area contributed by atoms with Crippen LogP contribution in [0, 0.1) is 5.82 Å². The molecule has 3 nitrogen and oxygen atoms in total. The van der Waals surface area contributed by atoms with Gasteiger partial charge in [-0.25, -0.2) is 14.2 Å². The van der Waals surface area contributed by atoms with E-state index < -0.39 is 5.82 Å². The summed E-state index contributed by atoms with van der Waals surface area (Å²) in [5.74, 6) is -0.278. The number of nitrogens with zero attached hydrogens (tertiary/aromatic N) is 1. The summed E-state index contributed by atoms with van der Waals surface area (Å²) in [5, 5.41) is 0. The zero-order valence-electron chi connectivity index (χ0n) is 7.08. The molecule has 0 aromatic heterocycles. The van der Waals surface area contributed by atoms with Gasteiger partial charge in [0.05, 0.1) is 13.7 Å². The predicted octanol–water partition coefficient (Wildman–Crippen LogP) is 1.67. The highest BCUT2D eigenvalue weighted by atomic mass is 19.1. The highest BCUT2D eigenvalue weighted by Crippen LogP contribution is 2.17. The maximum atomic E-state index is 13.0. The Balaban J connectivity index is 2.88. The minimum atomic E-state index is -0.457. The molecule has 0 bridgehead atoms. The van der Waals surface area contributed by atoms with Crippen molar-refractivity contribution in [3.8, 4) is 5.75 Å². The first-order valence-electron chi connectivity index (χ1n) is 3.64. The number of isocyanates is 1. The van der Waals surface area contributed by atoms with Gasteiger partial charge in [0.15, 0.2) is 11.6 Å². The number of hydrogen-bond donors (Lipinski definition) is 0. The molecular formula is C9H8FNO2. The van der Waals surface area contributed by atoms with Crippen LogP contribution in [-0.4, -0.2) is 13.2 Å². The molecule has 1 rings (SSSR count). The molecule has 0 amide bonds. The third-order valence-electron chi connectivity index (χ3n) is 1.54. The van der Waals surface area contributed by atoms with Crippen molar-refractivity contribution in [3.63, 3.8) is 0 Å². The standard InChI is InChI=1S/C9H8FNO2/c1-13-9-3-2-7(4-8(9)10)5-11-6-12/h2-4H,5H2,1H3. The van der Waals surface area contributed by atoms with E-state index in [1.165, 1.54) is 25.3 Å². The molecule has 4 heteroatoms. The van der Waals surface area contributed by atoms with Crippen LogP contribution in [0.4, 0.5) is 4.39 Å². The fourth-order valence-electron chi connectivity index (χ4n) is 0.932. The van der Waals surface area contributed by atoms with Crippen LogP contribution >= 0.6 is 0 Å².